The summed E-state index contributed by atoms with van der Waals surface area (Å²) < 4.78 is 5.73. The third-order valence-corrected chi connectivity index (χ3v) is 4.13. The minimum absolute atomic E-state index is 0.237. The van der Waals surface area contributed by atoms with Gasteiger partial charge < -0.3 is 15.2 Å². The van der Waals surface area contributed by atoms with E-state index in [4.69, 9.17) is 4.74 Å². The largest absolute Gasteiger partial charge is 0.490 e. The molecule has 18 heavy (non-hydrogen) atoms. The molecule has 1 aromatic rings. The fraction of sp³-hybridized carbons (Fsp3) is 0.600. The number of rotatable bonds is 3. The SMILES string of the molecule is CC1CNCCC1(O)c1ccc(OC2CC2)cc1. The summed E-state index contributed by atoms with van der Waals surface area (Å²) in [4.78, 5) is 0. The van der Waals surface area contributed by atoms with Crippen LogP contribution >= 0.6 is 0 Å². The highest BCUT2D eigenvalue weighted by atomic mass is 16.5. The molecule has 1 saturated carbocycles. The van der Waals surface area contributed by atoms with Gasteiger partial charge in [0.2, 0.25) is 0 Å². The van der Waals surface area contributed by atoms with Crippen molar-refractivity contribution in [3.05, 3.63) is 29.8 Å². The molecule has 3 heteroatoms. The molecule has 2 unspecified atom stereocenters. The van der Waals surface area contributed by atoms with Crippen molar-refractivity contribution in [3.8, 4) is 5.75 Å². The second kappa shape index (κ2) is 4.56. The van der Waals surface area contributed by atoms with Crippen LogP contribution in [0.3, 0.4) is 0 Å². The minimum Gasteiger partial charge on any atom is -0.490 e. The predicted molar refractivity (Wildman–Crippen MR) is 70.6 cm³/mol. The summed E-state index contributed by atoms with van der Waals surface area (Å²) in [5.41, 5.74) is 0.322. The second-order valence-electron chi connectivity index (χ2n) is 5.62. The van der Waals surface area contributed by atoms with Gasteiger partial charge in [-0.2, -0.15) is 0 Å². The minimum atomic E-state index is -0.691. The Kier molecular flexibility index (Phi) is 3.04. The molecule has 0 aromatic heterocycles. The molecule has 1 heterocycles. The Bertz CT molecular complexity index is 413. The summed E-state index contributed by atoms with van der Waals surface area (Å²) in [5, 5.41) is 14.1. The Morgan fingerprint density at radius 1 is 1.28 bits per heavy atom. The molecule has 1 aliphatic carbocycles. The van der Waals surface area contributed by atoms with E-state index in [0.717, 1.165) is 30.8 Å². The lowest BCUT2D eigenvalue weighted by Crippen LogP contribution is -2.46. The van der Waals surface area contributed by atoms with Gasteiger partial charge in [-0.25, -0.2) is 0 Å². The van der Waals surface area contributed by atoms with Crippen molar-refractivity contribution in [3.63, 3.8) is 0 Å². The number of ether oxygens (including phenoxy) is 1. The van der Waals surface area contributed by atoms with E-state index in [0.29, 0.717) is 6.10 Å². The van der Waals surface area contributed by atoms with Crippen molar-refractivity contribution in [2.75, 3.05) is 13.1 Å². The molecule has 2 N–H and O–H groups in total. The Labute approximate surface area is 108 Å². The van der Waals surface area contributed by atoms with Crippen LogP contribution in [0.2, 0.25) is 0 Å². The molecular weight excluding hydrogens is 226 g/mol. The molecule has 1 aromatic carbocycles. The summed E-state index contributed by atoms with van der Waals surface area (Å²) in [6.45, 7) is 3.85. The van der Waals surface area contributed by atoms with Crippen molar-refractivity contribution in [2.24, 2.45) is 5.92 Å². The van der Waals surface area contributed by atoms with Crippen molar-refractivity contribution in [1.82, 2.24) is 5.32 Å². The molecule has 0 radical (unpaired) electrons. The lowest BCUT2D eigenvalue weighted by Gasteiger charge is -2.39. The van der Waals surface area contributed by atoms with Crippen LogP contribution in [0.1, 0.15) is 31.7 Å². The Morgan fingerprint density at radius 3 is 2.61 bits per heavy atom. The van der Waals surface area contributed by atoms with E-state index < -0.39 is 5.60 Å². The van der Waals surface area contributed by atoms with Gasteiger partial charge in [-0.15, -0.1) is 0 Å². The van der Waals surface area contributed by atoms with Gasteiger partial charge in [0.25, 0.3) is 0 Å². The summed E-state index contributed by atoms with van der Waals surface area (Å²) in [7, 11) is 0. The van der Waals surface area contributed by atoms with Crippen LogP contribution in [0.25, 0.3) is 0 Å². The van der Waals surface area contributed by atoms with Crippen LogP contribution < -0.4 is 10.1 Å². The number of aliphatic hydroxyl groups is 1. The van der Waals surface area contributed by atoms with Gasteiger partial charge in [0.05, 0.1) is 11.7 Å². The van der Waals surface area contributed by atoms with Crippen LogP contribution in [0.15, 0.2) is 24.3 Å². The average molecular weight is 247 g/mol. The van der Waals surface area contributed by atoms with E-state index in [2.05, 4.69) is 12.2 Å². The summed E-state index contributed by atoms with van der Waals surface area (Å²) in [6.07, 6.45) is 3.55. The lowest BCUT2D eigenvalue weighted by molar-refractivity contribution is -0.0392. The first-order valence-electron chi connectivity index (χ1n) is 6.89. The standard InChI is InChI=1S/C15H21NO2/c1-11-10-16-9-8-15(11,17)12-2-4-13(5-3-12)18-14-6-7-14/h2-5,11,14,16-17H,6-10H2,1H3. The Hall–Kier alpha value is -1.06. The molecule has 0 spiro atoms. The zero-order valence-corrected chi connectivity index (χ0v) is 10.9. The van der Waals surface area contributed by atoms with Gasteiger partial charge in [0.15, 0.2) is 0 Å². The van der Waals surface area contributed by atoms with E-state index >= 15 is 0 Å². The topological polar surface area (TPSA) is 41.5 Å². The first-order chi connectivity index (χ1) is 8.68. The Balaban J connectivity index is 1.77. The second-order valence-corrected chi connectivity index (χ2v) is 5.62. The smallest absolute Gasteiger partial charge is 0.119 e. The molecule has 2 aliphatic rings. The summed E-state index contributed by atoms with van der Waals surface area (Å²) >= 11 is 0. The molecule has 2 atom stereocenters. The van der Waals surface area contributed by atoms with Crippen LogP contribution in [0.5, 0.6) is 5.75 Å². The number of nitrogens with one attached hydrogen (secondary N) is 1. The predicted octanol–water partition coefficient (Wildman–Crippen LogP) is 2.04. The third-order valence-electron chi connectivity index (χ3n) is 4.13. The zero-order valence-electron chi connectivity index (χ0n) is 10.9. The number of hydrogen-bond acceptors (Lipinski definition) is 3. The van der Waals surface area contributed by atoms with Gasteiger partial charge in [-0.3, -0.25) is 0 Å². The molecular formula is C15H21NO2. The first-order valence-corrected chi connectivity index (χ1v) is 6.89. The van der Waals surface area contributed by atoms with Gasteiger partial charge in [0, 0.05) is 12.5 Å². The molecule has 3 nitrogen and oxygen atoms in total. The maximum Gasteiger partial charge on any atom is 0.119 e. The molecule has 3 rings (SSSR count). The fourth-order valence-electron chi connectivity index (χ4n) is 2.64. The van der Waals surface area contributed by atoms with E-state index in [1.807, 2.05) is 24.3 Å². The highest BCUT2D eigenvalue weighted by Crippen LogP contribution is 2.36. The molecule has 2 fully saturated rings. The number of piperidine rings is 1. The normalized spacial score (nSPS) is 32.2. The number of hydrogen-bond donors (Lipinski definition) is 2. The van der Waals surface area contributed by atoms with Crippen molar-refractivity contribution >= 4 is 0 Å². The van der Waals surface area contributed by atoms with Gasteiger partial charge in [-0.1, -0.05) is 19.1 Å². The number of benzene rings is 1. The van der Waals surface area contributed by atoms with Crippen LogP contribution in [-0.4, -0.2) is 24.3 Å². The molecule has 98 valence electrons. The highest BCUT2D eigenvalue weighted by molar-refractivity contribution is 5.32. The summed E-state index contributed by atoms with van der Waals surface area (Å²) in [5.74, 6) is 1.16. The molecule has 1 aliphatic heterocycles. The molecule has 1 saturated heterocycles. The monoisotopic (exact) mass is 247 g/mol. The van der Waals surface area contributed by atoms with Gasteiger partial charge >= 0.3 is 0 Å². The van der Waals surface area contributed by atoms with E-state index in [1.165, 1.54) is 12.8 Å². The third kappa shape index (κ3) is 2.25. The van der Waals surface area contributed by atoms with E-state index in [1.54, 1.807) is 0 Å². The summed E-state index contributed by atoms with van der Waals surface area (Å²) in [6, 6.07) is 8.00. The van der Waals surface area contributed by atoms with E-state index in [9.17, 15) is 5.11 Å². The Morgan fingerprint density at radius 2 is 2.00 bits per heavy atom. The maximum absolute atomic E-state index is 10.8. The van der Waals surface area contributed by atoms with Crippen molar-refractivity contribution in [2.45, 2.75) is 37.9 Å². The highest BCUT2D eigenvalue weighted by Gasteiger charge is 2.37. The van der Waals surface area contributed by atoms with Crippen LogP contribution in [-0.2, 0) is 5.60 Å². The maximum atomic E-state index is 10.8. The van der Waals surface area contributed by atoms with Crippen molar-refractivity contribution < 1.29 is 9.84 Å². The van der Waals surface area contributed by atoms with Crippen LogP contribution in [0.4, 0.5) is 0 Å². The van der Waals surface area contributed by atoms with Crippen LogP contribution in [0, 0.1) is 5.92 Å². The van der Waals surface area contributed by atoms with Crippen molar-refractivity contribution in [1.29, 1.82) is 0 Å². The fourth-order valence-corrected chi connectivity index (χ4v) is 2.64. The zero-order chi connectivity index (χ0) is 12.6. The van der Waals surface area contributed by atoms with E-state index in [-0.39, 0.29) is 5.92 Å². The van der Waals surface area contributed by atoms with Gasteiger partial charge in [0.1, 0.15) is 5.75 Å². The average Bonchev–Trinajstić information content (AvgIpc) is 3.18. The van der Waals surface area contributed by atoms with Gasteiger partial charge in [-0.05, 0) is 43.5 Å². The quantitative estimate of drug-likeness (QED) is 0.859. The lowest BCUT2D eigenvalue weighted by atomic mass is 9.77. The first kappa shape index (κ1) is 12.0. The molecule has 0 bridgehead atoms. The molecule has 0 amide bonds.